The van der Waals surface area contributed by atoms with E-state index in [9.17, 15) is 0 Å². The zero-order valence-corrected chi connectivity index (χ0v) is 6.92. The van der Waals surface area contributed by atoms with Gasteiger partial charge in [0.2, 0.25) is 0 Å². The predicted molar refractivity (Wildman–Crippen MR) is 39.7 cm³/mol. The summed E-state index contributed by atoms with van der Waals surface area (Å²) in [6, 6.07) is 0. The van der Waals surface area contributed by atoms with E-state index in [-0.39, 0.29) is 5.41 Å². The maximum atomic E-state index is 4.19. The average molecular weight is 139 g/mol. The number of aryl methyl sites for hydroxylation is 1. The van der Waals surface area contributed by atoms with Gasteiger partial charge in [-0.3, -0.25) is 0 Å². The summed E-state index contributed by atoms with van der Waals surface area (Å²) >= 11 is 0. The molecular weight excluding hydrogens is 126 g/mol. The molecule has 0 aliphatic heterocycles. The molecule has 0 spiro atoms. The Kier molecular flexibility index (Phi) is 1.50. The van der Waals surface area contributed by atoms with Crippen LogP contribution in [0.25, 0.3) is 0 Å². The summed E-state index contributed by atoms with van der Waals surface area (Å²) in [5.74, 6) is 0. The molecule has 3 nitrogen and oxygen atoms in total. The highest BCUT2D eigenvalue weighted by molar-refractivity contribution is 5.05. The van der Waals surface area contributed by atoms with Gasteiger partial charge in [0.05, 0.1) is 11.9 Å². The molecule has 10 heavy (non-hydrogen) atoms. The van der Waals surface area contributed by atoms with Crippen molar-refractivity contribution in [1.82, 2.24) is 15.0 Å². The van der Waals surface area contributed by atoms with Crippen molar-refractivity contribution in [3.05, 3.63) is 11.9 Å². The Balaban J connectivity index is 2.96. The minimum atomic E-state index is 0.119. The van der Waals surface area contributed by atoms with Gasteiger partial charge >= 0.3 is 0 Å². The van der Waals surface area contributed by atoms with E-state index in [4.69, 9.17) is 0 Å². The summed E-state index contributed by atoms with van der Waals surface area (Å²) in [6.45, 7) is 6.37. The first kappa shape index (κ1) is 7.25. The fraction of sp³-hybridized carbons (Fsp3) is 0.714. The molecule has 56 valence electrons. The zero-order chi connectivity index (χ0) is 7.78. The van der Waals surface area contributed by atoms with E-state index in [1.54, 1.807) is 11.0 Å². The molecule has 0 amide bonds. The van der Waals surface area contributed by atoms with Crippen LogP contribution >= 0.6 is 0 Å². The van der Waals surface area contributed by atoms with E-state index in [0.29, 0.717) is 0 Å². The third kappa shape index (κ3) is 1.35. The molecule has 0 saturated carbocycles. The van der Waals surface area contributed by atoms with Crippen LogP contribution in [0.15, 0.2) is 6.20 Å². The molecule has 0 aliphatic rings. The summed E-state index contributed by atoms with van der Waals surface area (Å²) in [5.41, 5.74) is 1.16. The first-order valence-electron chi connectivity index (χ1n) is 3.37. The normalized spacial score (nSPS) is 12.0. The first-order chi connectivity index (χ1) is 4.50. The molecule has 1 aromatic rings. The standard InChI is InChI=1S/C7H13N3/c1-7(2,3)6-5-8-10(4)9-6/h5H,1-4H3. The highest BCUT2D eigenvalue weighted by atomic mass is 15.4. The van der Waals surface area contributed by atoms with Crippen LogP contribution in [-0.2, 0) is 12.5 Å². The van der Waals surface area contributed by atoms with Crippen LogP contribution in [-0.4, -0.2) is 15.0 Å². The molecule has 0 atom stereocenters. The van der Waals surface area contributed by atoms with Crippen molar-refractivity contribution in [2.75, 3.05) is 0 Å². The molecule has 0 unspecified atom stereocenters. The highest BCUT2D eigenvalue weighted by Crippen LogP contribution is 2.17. The van der Waals surface area contributed by atoms with Gasteiger partial charge in [0, 0.05) is 12.5 Å². The molecule has 0 radical (unpaired) electrons. The number of nitrogens with zero attached hydrogens (tertiary/aromatic N) is 3. The van der Waals surface area contributed by atoms with E-state index in [1.165, 1.54) is 0 Å². The highest BCUT2D eigenvalue weighted by Gasteiger charge is 2.16. The van der Waals surface area contributed by atoms with Crippen LogP contribution in [0.1, 0.15) is 26.5 Å². The lowest BCUT2D eigenvalue weighted by Gasteiger charge is -2.12. The number of rotatable bonds is 0. The summed E-state index contributed by atoms with van der Waals surface area (Å²) in [4.78, 5) is 1.58. The van der Waals surface area contributed by atoms with E-state index in [0.717, 1.165) is 5.69 Å². The smallest absolute Gasteiger partial charge is 0.0880 e. The van der Waals surface area contributed by atoms with Gasteiger partial charge in [-0.25, -0.2) is 0 Å². The van der Waals surface area contributed by atoms with Crippen LogP contribution < -0.4 is 0 Å². The summed E-state index contributed by atoms with van der Waals surface area (Å²) < 4.78 is 0. The van der Waals surface area contributed by atoms with Crippen LogP contribution in [0.4, 0.5) is 0 Å². The molecule has 0 aromatic carbocycles. The van der Waals surface area contributed by atoms with Crippen molar-refractivity contribution in [2.45, 2.75) is 26.2 Å². The minimum Gasteiger partial charge on any atom is -0.188 e. The molecular formula is C7H13N3. The van der Waals surface area contributed by atoms with Crippen molar-refractivity contribution < 1.29 is 0 Å². The SMILES string of the molecule is Cn1ncc(C(C)(C)C)n1. The van der Waals surface area contributed by atoms with E-state index in [1.807, 2.05) is 7.05 Å². The number of hydrogen-bond donors (Lipinski definition) is 0. The monoisotopic (exact) mass is 139 g/mol. The van der Waals surface area contributed by atoms with Crippen molar-refractivity contribution in [2.24, 2.45) is 7.05 Å². The Labute approximate surface area is 61.1 Å². The van der Waals surface area contributed by atoms with Crippen LogP contribution in [0.5, 0.6) is 0 Å². The fourth-order valence-corrected chi connectivity index (χ4v) is 0.689. The second-order valence-corrected chi connectivity index (χ2v) is 3.47. The van der Waals surface area contributed by atoms with E-state index < -0.39 is 0 Å². The van der Waals surface area contributed by atoms with Gasteiger partial charge in [-0.05, 0) is 0 Å². The van der Waals surface area contributed by atoms with Gasteiger partial charge in [-0.15, -0.1) is 0 Å². The third-order valence-corrected chi connectivity index (χ3v) is 1.37. The molecule has 0 N–H and O–H groups in total. The zero-order valence-electron chi connectivity index (χ0n) is 6.92. The fourth-order valence-electron chi connectivity index (χ4n) is 0.689. The lowest BCUT2D eigenvalue weighted by atomic mass is 9.93. The van der Waals surface area contributed by atoms with Crippen LogP contribution in [0.2, 0.25) is 0 Å². The largest absolute Gasteiger partial charge is 0.188 e. The van der Waals surface area contributed by atoms with Gasteiger partial charge in [0.25, 0.3) is 0 Å². The van der Waals surface area contributed by atoms with E-state index in [2.05, 4.69) is 31.0 Å². The molecule has 1 aromatic heterocycles. The van der Waals surface area contributed by atoms with Gasteiger partial charge in [0.15, 0.2) is 0 Å². The van der Waals surface area contributed by atoms with Crippen molar-refractivity contribution >= 4 is 0 Å². The molecule has 0 fully saturated rings. The Morgan fingerprint density at radius 1 is 1.40 bits per heavy atom. The third-order valence-electron chi connectivity index (χ3n) is 1.37. The van der Waals surface area contributed by atoms with Gasteiger partial charge in [-0.2, -0.15) is 15.0 Å². The quantitative estimate of drug-likeness (QED) is 0.539. The van der Waals surface area contributed by atoms with Crippen molar-refractivity contribution in [3.63, 3.8) is 0 Å². The predicted octanol–water partition coefficient (Wildman–Crippen LogP) is 1.11. The van der Waals surface area contributed by atoms with Gasteiger partial charge in [0.1, 0.15) is 0 Å². The minimum absolute atomic E-state index is 0.119. The molecule has 3 heteroatoms. The second-order valence-electron chi connectivity index (χ2n) is 3.47. The van der Waals surface area contributed by atoms with Crippen LogP contribution in [0, 0.1) is 0 Å². The molecule has 1 heterocycles. The molecule has 0 aliphatic carbocycles. The van der Waals surface area contributed by atoms with Gasteiger partial charge < -0.3 is 0 Å². The molecule has 0 bridgehead atoms. The van der Waals surface area contributed by atoms with E-state index >= 15 is 0 Å². The number of hydrogen-bond acceptors (Lipinski definition) is 2. The summed E-state index contributed by atoms with van der Waals surface area (Å²) in [5, 5.41) is 8.18. The van der Waals surface area contributed by atoms with Crippen molar-refractivity contribution in [3.8, 4) is 0 Å². The Hall–Kier alpha value is -0.860. The number of aromatic nitrogens is 3. The Bertz CT molecular complexity index is 219. The average Bonchev–Trinajstić information content (AvgIpc) is 2.11. The van der Waals surface area contributed by atoms with Crippen LogP contribution in [0.3, 0.4) is 0 Å². The Morgan fingerprint density at radius 2 is 2.00 bits per heavy atom. The maximum absolute atomic E-state index is 4.19. The lowest BCUT2D eigenvalue weighted by Crippen LogP contribution is -2.12. The molecule has 0 saturated heterocycles. The van der Waals surface area contributed by atoms with Crippen molar-refractivity contribution in [1.29, 1.82) is 0 Å². The Morgan fingerprint density at radius 3 is 2.20 bits per heavy atom. The summed E-state index contributed by atoms with van der Waals surface area (Å²) in [7, 11) is 1.83. The maximum Gasteiger partial charge on any atom is 0.0880 e. The topological polar surface area (TPSA) is 30.7 Å². The second kappa shape index (κ2) is 2.08. The first-order valence-corrected chi connectivity index (χ1v) is 3.37. The van der Waals surface area contributed by atoms with Gasteiger partial charge in [-0.1, -0.05) is 20.8 Å². The lowest BCUT2D eigenvalue weighted by molar-refractivity contribution is 0.546. The molecule has 1 rings (SSSR count). The summed E-state index contributed by atoms with van der Waals surface area (Å²) in [6.07, 6.45) is 1.81.